The summed E-state index contributed by atoms with van der Waals surface area (Å²) in [5, 5.41) is 4.88. The predicted octanol–water partition coefficient (Wildman–Crippen LogP) is 6.66. The Morgan fingerprint density at radius 1 is 1.21 bits per heavy atom. The number of anilines is 2. The average molecular weight is 429 g/mol. The van der Waals surface area contributed by atoms with E-state index >= 15 is 0 Å². The molecule has 3 rings (SSSR count). The van der Waals surface area contributed by atoms with Gasteiger partial charge in [-0.2, -0.15) is 11.8 Å². The van der Waals surface area contributed by atoms with Crippen molar-refractivity contribution in [2.75, 3.05) is 23.9 Å². The Balaban J connectivity index is 2.15. The number of ether oxygens (including phenoxy) is 1. The van der Waals surface area contributed by atoms with E-state index in [4.69, 9.17) is 16.3 Å². The molecule has 0 aliphatic carbocycles. The van der Waals surface area contributed by atoms with Crippen LogP contribution in [0.5, 0.6) is 5.75 Å². The highest BCUT2D eigenvalue weighted by Crippen LogP contribution is 2.37. The van der Waals surface area contributed by atoms with Crippen LogP contribution in [-0.2, 0) is 0 Å². The number of carbonyl (C=O) groups excluding carboxylic acids is 1. The Morgan fingerprint density at radius 2 is 2.00 bits per heavy atom. The lowest BCUT2D eigenvalue weighted by molar-refractivity contribution is 0.0982. The maximum atomic E-state index is 12.8. The molecule has 0 radical (unpaired) electrons. The van der Waals surface area contributed by atoms with Gasteiger partial charge in [0.25, 0.3) is 0 Å². The monoisotopic (exact) mass is 428 g/mol. The zero-order valence-corrected chi connectivity index (χ0v) is 18.5. The van der Waals surface area contributed by atoms with E-state index in [-0.39, 0.29) is 5.78 Å². The SMILES string of the molecule is CCCC(=O)c1cnc2c(OCCSC)cccc2c1Nc1c(C)cccc1Cl. The molecule has 0 spiro atoms. The number of nitrogens with zero attached hydrogens (tertiary/aromatic N) is 1. The van der Waals surface area contributed by atoms with E-state index in [9.17, 15) is 4.79 Å². The second-order valence-electron chi connectivity index (χ2n) is 6.77. The molecule has 6 heteroatoms. The molecule has 0 atom stereocenters. The summed E-state index contributed by atoms with van der Waals surface area (Å²) in [4.78, 5) is 17.4. The number of hydrogen-bond donors (Lipinski definition) is 1. The van der Waals surface area contributed by atoms with Gasteiger partial charge in [0.2, 0.25) is 0 Å². The summed E-state index contributed by atoms with van der Waals surface area (Å²) in [7, 11) is 0. The summed E-state index contributed by atoms with van der Waals surface area (Å²) in [5.74, 6) is 1.67. The molecule has 4 nitrogen and oxygen atoms in total. The Kier molecular flexibility index (Phi) is 7.40. The number of halogens is 1. The first-order chi connectivity index (χ1) is 14.1. The molecule has 0 aliphatic rings. The average Bonchev–Trinajstić information content (AvgIpc) is 2.71. The molecule has 1 aromatic heterocycles. The highest BCUT2D eigenvalue weighted by atomic mass is 35.5. The maximum Gasteiger partial charge on any atom is 0.166 e. The number of para-hydroxylation sites is 2. The highest BCUT2D eigenvalue weighted by molar-refractivity contribution is 7.98. The van der Waals surface area contributed by atoms with Crippen LogP contribution in [0.2, 0.25) is 5.02 Å². The van der Waals surface area contributed by atoms with Crippen LogP contribution in [0.3, 0.4) is 0 Å². The summed E-state index contributed by atoms with van der Waals surface area (Å²) in [6.45, 7) is 4.59. The van der Waals surface area contributed by atoms with Crippen molar-refractivity contribution in [1.82, 2.24) is 4.98 Å². The topological polar surface area (TPSA) is 51.2 Å². The van der Waals surface area contributed by atoms with Crippen LogP contribution >= 0.6 is 23.4 Å². The van der Waals surface area contributed by atoms with Gasteiger partial charge >= 0.3 is 0 Å². The number of hydrogen-bond acceptors (Lipinski definition) is 5. The van der Waals surface area contributed by atoms with Crippen molar-refractivity contribution < 1.29 is 9.53 Å². The van der Waals surface area contributed by atoms with Crippen LogP contribution in [0, 0.1) is 6.92 Å². The number of thioether (sulfide) groups is 1. The van der Waals surface area contributed by atoms with Gasteiger partial charge in [-0.05, 0) is 37.3 Å². The second kappa shape index (κ2) is 9.99. The Hall–Kier alpha value is -2.24. The lowest BCUT2D eigenvalue weighted by Crippen LogP contribution is -2.07. The number of carbonyl (C=O) groups is 1. The number of nitrogens with one attached hydrogen (secondary N) is 1. The summed E-state index contributed by atoms with van der Waals surface area (Å²) >= 11 is 8.18. The molecule has 0 amide bonds. The molecular formula is C23H25ClN2O2S. The lowest BCUT2D eigenvalue weighted by Gasteiger charge is -2.18. The summed E-state index contributed by atoms with van der Waals surface area (Å²) in [5.41, 5.74) is 3.82. The van der Waals surface area contributed by atoms with Crippen molar-refractivity contribution in [3.05, 3.63) is 58.7 Å². The first-order valence-electron chi connectivity index (χ1n) is 9.65. The minimum absolute atomic E-state index is 0.0582. The minimum Gasteiger partial charge on any atom is -0.490 e. The molecule has 0 aliphatic heterocycles. The molecule has 29 heavy (non-hydrogen) atoms. The number of Topliss-reactive ketones (excluding diaryl/α,β-unsaturated/α-hetero) is 1. The summed E-state index contributed by atoms with van der Waals surface area (Å²) in [6, 6.07) is 11.5. The number of ketones is 1. The molecule has 3 aromatic rings. The normalized spacial score (nSPS) is 10.9. The van der Waals surface area contributed by atoms with Gasteiger partial charge in [-0.1, -0.05) is 42.8 Å². The Bertz CT molecular complexity index is 1000. The number of fused-ring (bicyclic) bond motifs is 1. The fourth-order valence-corrected chi connectivity index (χ4v) is 3.69. The molecule has 0 unspecified atom stereocenters. The molecule has 0 fully saturated rings. The van der Waals surface area contributed by atoms with Gasteiger partial charge in [0.15, 0.2) is 5.78 Å². The van der Waals surface area contributed by atoms with E-state index in [0.717, 1.165) is 40.0 Å². The van der Waals surface area contributed by atoms with Crippen molar-refractivity contribution in [1.29, 1.82) is 0 Å². The van der Waals surface area contributed by atoms with Gasteiger partial charge in [-0.15, -0.1) is 0 Å². The smallest absolute Gasteiger partial charge is 0.166 e. The molecule has 0 bridgehead atoms. The number of aryl methyl sites for hydroxylation is 1. The van der Waals surface area contributed by atoms with E-state index in [1.165, 1.54) is 0 Å². The van der Waals surface area contributed by atoms with Crippen LogP contribution in [0.25, 0.3) is 10.9 Å². The molecule has 0 saturated carbocycles. The number of benzene rings is 2. The first kappa shape index (κ1) is 21.5. The fraction of sp³-hybridized carbons (Fsp3) is 0.304. The van der Waals surface area contributed by atoms with Crippen molar-refractivity contribution in [2.24, 2.45) is 0 Å². The number of rotatable bonds is 9. The second-order valence-corrected chi connectivity index (χ2v) is 8.16. The molecular weight excluding hydrogens is 404 g/mol. The third kappa shape index (κ3) is 4.85. The third-order valence-electron chi connectivity index (χ3n) is 4.65. The van der Waals surface area contributed by atoms with Gasteiger partial charge in [-0.3, -0.25) is 9.78 Å². The highest BCUT2D eigenvalue weighted by Gasteiger charge is 2.18. The number of aromatic nitrogens is 1. The summed E-state index contributed by atoms with van der Waals surface area (Å²) in [6.07, 6.45) is 4.94. The van der Waals surface area contributed by atoms with Crippen molar-refractivity contribution in [2.45, 2.75) is 26.7 Å². The van der Waals surface area contributed by atoms with Crippen molar-refractivity contribution >= 4 is 51.4 Å². The quantitative estimate of drug-likeness (QED) is 0.305. The van der Waals surface area contributed by atoms with E-state index in [0.29, 0.717) is 29.4 Å². The zero-order valence-electron chi connectivity index (χ0n) is 16.9. The van der Waals surface area contributed by atoms with Crippen molar-refractivity contribution in [3.8, 4) is 5.75 Å². The maximum absolute atomic E-state index is 12.8. The first-order valence-corrected chi connectivity index (χ1v) is 11.4. The van der Waals surface area contributed by atoms with Gasteiger partial charge in [-0.25, -0.2) is 0 Å². The molecule has 152 valence electrons. The van der Waals surface area contributed by atoms with E-state index in [1.54, 1.807) is 18.0 Å². The molecule has 0 saturated heterocycles. The van der Waals surface area contributed by atoms with Crippen LogP contribution in [0.1, 0.15) is 35.7 Å². The van der Waals surface area contributed by atoms with E-state index in [1.807, 2.05) is 56.5 Å². The molecule has 1 N–H and O–H groups in total. The lowest BCUT2D eigenvalue weighted by atomic mass is 10.0. The van der Waals surface area contributed by atoms with Gasteiger partial charge in [0, 0.05) is 23.8 Å². The van der Waals surface area contributed by atoms with E-state index in [2.05, 4.69) is 10.3 Å². The van der Waals surface area contributed by atoms with Gasteiger partial charge in [0.05, 0.1) is 28.6 Å². The standard InChI is InChI=1S/C23H25ClN2O2S/c1-4-7-19(27)17-14-25-23-16(9-6-11-20(23)28-12-13-29-3)22(17)26-21-15(2)8-5-10-18(21)24/h5-6,8-11,14H,4,7,12-13H2,1-3H3,(H,25,26). The van der Waals surface area contributed by atoms with Crippen LogP contribution in [0.15, 0.2) is 42.6 Å². The zero-order chi connectivity index (χ0) is 20.8. The molecule has 2 aromatic carbocycles. The molecule has 1 heterocycles. The fourth-order valence-electron chi connectivity index (χ4n) is 3.17. The largest absolute Gasteiger partial charge is 0.490 e. The van der Waals surface area contributed by atoms with Crippen LogP contribution < -0.4 is 10.1 Å². The van der Waals surface area contributed by atoms with E-state index < -0.39 is 0 Å². The Labute approximate surface area is 181 Å². The van der Waals surface area contributed by atoms with Gasteiger partial charge in [0.1, 0.15) is 11.3 Å². The predicted molar refractivity (Wildman–Crippen MR) is 124 cm³/mol. The summed E-state index contributed by atoms with van der Waals surface area (Å²) < 4.78 is 5.94. The minimum atomic E-state index is 0.0582. The van der Waals surface area contributed by atoms with Crippen LogP contribution in [0.4, 0.5) is 11.4 Å². The third-order valence-corrected chi connectivity index (χ3v) is 5.54. The Morgan fingerprint density at radius 3 is 2.72 bits per heavy atom. The van der Waals surface area contributed by atoms with Crippen LogP contribution in [-0.4, -0.2) is 29.4 Å². The van der Waals surface area contributed by atoms with Crippen molar-refractivity contribution in [3.63, 3.8) is 0 Å². The number of pyridine rings is 1. The van der Waals surface area contributed by atoms with Gasteiger partial charge < -0.3 is 10.1 Å².